The van der Waals surface area contributed by atoms with Crippen LogP contribution in [-0.2, 0) is 0 Å². The normalized spacial score (nSPS) is 10.1. The smallest absolute Gasteiger partial charge is 0.248 e. The van der Waals surface area contributed by atoms with Crippen molar-refractivity contribution in [2.24, 2.45) is 5.73 Å². The summed E-state index contributed by atoms with van der Waals surface area (Å²) in [5.41, 5.74) is 7.35. The van der Waals surface area contributed by atoms with Crippen molar-refractivity contribution in [1.29, 1.82) is 0 Å². The van der Waals surface area contributed by atoms with Crippen molar-refractivity contribution < 1.29 is 14.3 Å². The Bertz CT molecular complexity index is 677. The van der Waals surface area contributed by atoms with Crippen LogP contribution in [0.5, 0.6) is 5.75 Å². The molecule has 2 N–H and O–H groups in total. The number of methoxy groups -OCH3 is 1. The number of amides is 1. The van der Waals surface area contributed by atoms with E-state index in [0.29, 0.717) is 22.4 Å². The molecule has 2 aromatic rings. The highest BCUT2D eigenvalue weighted by Gasteiger charge is 2.13. The van der Waals surface area contributed by atoms with Crippen molar-refractivity contribution in [3.63, 3.8) is 0 Å². The highest BCUT2D eigenvalue weighted by atomic mass is 16.5. The zero-order valence-corrected chi connectivity index (χ0v) is 11.3. The number of hydrogen-bond acceptors (Lipinski definition) is 3. The number of aryl methyl sites for hydroxylation is 1. The Morgan fingerprint density at radius 1 is 1.00 bits per heavy atom. The molecule has 0 aliphatic rings. The third kappa shape index (κ3) is 2.85. The second-order valence-corrected chi connectivity index (χ2v) is 4.51. The lowest BCUT2D eigenvalue weighted by Crippen LogP contribution is -2.13. The minimum atomic E-state index is -0.548. The standard InChI is InChI=1S/C16H15NO3/c1-10-6-12(8-13(7-10)16(17)19)15(18)11-4-3-5-14(9-11)20-2/h3-9H,1-2H3,(H2,17,19). The van der Waals surface area contributed by atoms with Gasteiger partial charge in [-0.25, -0.2) is 0 Å². The quantitative estimate of drug-likeness (QED) is 0.866. The van der Waals surface area contributed by atoms with Crippen molar-refractivity contribution in [3.05, 3.63) is 64.7 Å². The Morgan fingerprint density at radius 2 is 1.70 bits per heavy atom. The number of carbonyl (C=O) groups excluding carboxylic acids is 2. The fourth-order valence-electron chi connectivity index (χ4n) is 1.99. The van der Waals surface area contributed by atoms with Gasteiger partial charge in [-0.15, -0.1) is 0 Å². The molecular formula is C16H15NO3. The predicted molar refractivity (Wildman–Crippen MR) is 76.1 cm³/mol. The summed E-state index contributed by atoms with van der Waals surface area (Å²) in [7, 11) is 1.54. The molecule has 4 heteroatoms. The van der Waals surface area contributed by atoms with Crippen molar-refractivity contribution in [2.75, 3.05) is 7.11 Å². The average Bonchev–Trinajstić information content (AvgIpc) is 2.45. The van der Waals surface area contributed by atoms with Gasteiger partial charge in [0.25, 0.3) is 0 Å². The van der Waals surface area contributed by atoms with Gasteiger partial charge in [-0.1, -0.05) is 12.1 Å². The molecule has 20 heavy (non-hydrogen) atoms. The first-order valence-electron chi connectivity index (χ1n) is 6.11. The van der Waals surface area contributed by atoms with Crippen LogP contribution >= 0.6 is 0 Å². The molecular weight excluding hydrogens is 254 g/mol. The van der Waals surface area contributed by atoms with E-state index in [1.807, 2.05) is 6.92 Å². The second kappa shape index (κ2) is 5.57. The lowest BCUT2D eigenvalue weighted by molar-refractivity contribution is 0.1000. The monoisotopic (exact) mass is 269 g/mol. The van der Waals surface area contributed by atoms with E-state index in [-0.39, 0.29) is 5.78 Å². The molecule has 0 aliphatic heterocycles. The summed E-state index contributed by atoms with van der Waals surface area (Å²) in [6.07, 6.45) is 0. The highest BCUT2D eigenvalue weighted by Crippen LogP contribution is 2.18. The Hall–Kier alpha value is -2.62. The Balaban J connectivity index is 2.44. The maximum Gasteiger partial charge on any atom is 0.248 e. The number of primary amides is 1. The molecule has 0 saturated heterocycles. The Kier molecular flexibility index (Phi) is 3.84. The average molecular weight is 269 g/mol. The third-order valence-electron chi connectivity index (χ3n) is 2.96. The molecule has 0 spiro atoms. The van der Waals surface area contributed by atoms with Gasteiger partial charge in [0.1, 0.15) is 5.75 Å². The van der Waals surface area contributed by atoms with E-state index in [4.69, 9.17) is 10.5 Å². The maximum atomic E-state index is 12.4. The van der Waals surface area contributed by atoms with E-state index in [9.17, 15) is 9.59 Å². The van der Waals surface area contributed by atoms with Gasteiger partial charge in [-0.2, -0.15) is 0 Å². The van der Waals surface area contributed by atoms with Crippen molar-refractivity contribution in [3.8, 4) is 5.75 Å². The van der Waals surface area contributed by atoms with E-state index in [2.05, 4.69) is 0 Å². The number of nitrogens with two attached hydrogens (primary N) is 1. The Labute approximate surface area is 117 Å². The zero-order chi connectivity index (χ0) is 14.7. The number of rotatable bonds is 4. The van der Waals surface area contributed by atoms with E-state index in [1.54, 1.807) is 43.5 Å². The highest BCUT2D eigenvalue weighted by molar-refractivity contribution is 6.10. The molecule has 0 atom stereocenters. The summed E-state index contributed by atoms with van der Waals surface area (Å²) in [5.74, 6) is -0.109. The van der Waals surface area contributed by atoms with Crippen LogP contribution in [0.3, 0.4) is 0 Å². The van der Waals surface area contributed by atoms with Gasteiger partial charge in [0.2, 0.25) is 5.91 Å². The molecule has 2 aromatic carbocycles. The zero-order valence-electron chi connectivity index (χ0n) is 11.3. The number of benzene rings is 2. The first-order valence-corrected chi connectivity index (χ1v) is 6.11. The van der Waals surface area contributed by atoms with Gasteiger partial charge in [0.15, 0.2) is 5.78 Å². The predicted octanol–water partition coefficient (Wildman–Crippen LogP) is 2.33. The number of ether oxygens (including phenoxy) is 1. The van der Waals surface area contributed by atoms with Crippen LogP contribution in [0.2, 0.25) is 0 Å². The summed E-state index contributed by atoms with van der Waals surface area (Å²) in [5, 5.41) is 0. The van der Waals surface area contributed by atoms with Crippen LogP contribution in [0.1, 0.15) is 31.8 Å². The van der Waals surface area contributed by atoms with Gasteiger partial charge >= 0.3 is 0 Å². The minimum Gasteiger partial charge on any atom is -0.497 e. The fourth-order valence-corrected chi connectivity index (χ4v) is 1.99. The molecule has 0 radical (unpaired) electrons. The Morgan fingerprint density at radius 3 is 2.35 bits per heavy atom. The fraction of sp³-hybridized carbons (Fsp3) is 0.125. The molecule has 0 aliphatic carbocycles. The summed E-state index contributed by atoms with van der Waals surface area (Å²) in [6.45, 7) is 1.81. The molecule has 2 rings (SSSR count). The van der Waals surface area contributed by atoms with Gasteiger partial charge in [0.05, 0.1) is 7.11 Å². The maximum absolute atomic E-state index is 12.4. The first kappa shape index (κ1) is 13.8. The molecule has 0 saturated carbocycles. The van der Waals surface area contributed by atoms with Crippen LogP contribution in [0.4, 0.5) is 0 Å². The first-order chi connectivity index (χ1) is 9.51. The van der Waals surface area contributed by atoms with Crippen molar-refractivity contribution in [1.82, 2.24) is 0 Å². The number of ketones is 1. The summed E-state index contributed by atoms with van der Waals surface area (Å²) in [6, 6.07) is 11.8. The van der Waals surface area contributed by atoms with E-state index < -0.39 is 5.91 Å². The topological polar surface area (TPSA) is 69.4 Å². The van der Waals surface area contributed by atoms with Crippen LogP contribution < -0.4 is 10.5 Å². The van der Waals surface area contributed by atoms with E-state index in [0.717, 1.165) is 5.56 Å². The van der Waals surface area contributed by atoms with Gasteiger partial charge < -0.3 is 10.5 Å². The molecule has 1 amide bonds. The lowest BCUT2D eigenvalue weighted by atomic mass is 9.98. The molecule has 0 aromatic heterocycles. The third-order valence-corrected chi connectivity index (χ3v) is 2.96. The molecule has 0 heterocycles. The van der Waals surface area contributed by atoms with Crippen molar-refractivity contribution in [2.45, 2.75) is 6.92 Å². The summed E-state index contributed by atoms with van der Waals surface area (Å²) < 4.78 is 5.10. The molecule has 0 bridgehead atoms. The molecule has 0 fully saturated rings. The van der Waals surface area contributed by atoms with Gasteiger partial charge in [-0.3, -0.25) is 9.59 Å². The van der Waals surface area contributed by atoms with Crippen LogP contribution in [0.15, 0.2) is 42.5 Å². The van der Waals surface area contributed by atoms with Gasteiger partial charge in [0, 0.05) is 16.7 Å². The number of hydrogen-bond donors (Lipinski definition) is 1. The molecule has 102 valence electrons. The summed E-state index contributed by atoms with van der Waals surface area (Å²) in [4.78, 5) is 23.7. The van der Waals surface area contributed by atoms with E-state index in [1.165, 1.54) is 6.07 Å². The number of carbonyl (C=O) groups is 2. The van der Waals surface area contributed by atoms with Crippen molar-refractivity contribution >= 4 is 11.7 Å². The van der Waals surface area contributed by atoms with Crippen LogP contribution in [0.25, 0.3) is 0 Å². The lowest BCUT2D eigenvalue weighted by Gasteiger charge is -2.06. The molecule has 0 unspecified atom stereocenters. The van der Waals surface area contributed by atoms with Crippen LogP contribution in [-0.4, -0.2) is 18.8 Å². The minimum absolute atomic E-state index is 0.171. The van der Waals surface area contributed by atoms with Crippen LogP contribution in [0, 0.1) is 6.92 Å². The molecule has 4 nitrogen and oxygen atoms in total. The van der Waals surface area contributed by atoms with Gasteiger partial charge in [-0.05, 0) is 42.8 Å². The second-order valence-electron chi connectivity index (χ2n) is 4.51. The largest absolute Gasteiger partial charge is 0.497 e. The summed E-state index contributed by atoms with van der Waals surface area (Å²) >= 11 is 0. The SMILES string of the molecule is COc1cccc(C(=O)c2cc(C)cc(C(N)=O)c2)c1. The van der Waals surface area contributed by atoms with E-state index >= 15 is 0 Å².